The molecule has 0 aromatic heterocycles. The van der Waals surface area contributed by atoms with Crippen molar-refractivity contribution in [3.05, 3.63) is 28.7 Å². The molecule has 2 atom stereocenters. The number of anilines is 1. The van der Waals surface area contributed by atoms with Crippen LogP contribution in [0.3, 0.4) is 0 Å². The average molecular weight is 408 g/mol. The normalized spacial score (nSPS) is 24.8. The molecule has 3 rings (SSSR count). The predicted octanol–water partition coefficient (Wildman–Crippen LogP) is 2.53. The maximum absolute atomic E-state index is 4.85. The molecule has 2 saturated heterocycles. The van der Waals surface area contributed by atoms with Crippen molar-refractivity contribution < 1.29 is 0 Å². The Morgan fingerprint density at radius 2 is 2.00 bits per heavy atom. The maximum atomic E-state index is 4.85. The van der Waals surface area contributed by atoms with Gasteiger partial charge in [-0.05, 0) is 63.5 Å². The van der Waals surface area contributed by atoms with E-state index >= 15 is 0 Å². The number of hydrogen-bond acceptors (Lipinski definition) is 3. The Bertz CT molecular complexity index is 574. The van der Waals surface area contributed by atoms with Gasteiger partial charge in [0.15, 0.2) is 5.96 Å². The predicted molar refractivity (Wildman–Crippen MR) is 109 cm³/mol. The first kappa shape index (κ1) is 18.5. The molecule has 1 aromatic carbocycles. The summed E-state index contributed by atoms with van der Waals surface area (Å²) >= 11 is 3.51. The number of nitrogens with zero attached hydrogens (tertiary/aromatic N) is 3. The molecular weight excluding hydrogens is 378 g/mol. The minimum Gasteiger partial charge on any atom is -0.369 e. The number of halogens is 1. The maximum Gasteiger partial charge on any atom is 0.191 e. The van der Waals surface area contributed by atoms with Gasteiger partial charge in [-0.2, -0.15) is 0 Å². The summed E-state index contributed by atoms with van der Waals surface area (Å²) in [6, 6.07) is 9.04. The van der Waals surface area contributed by atoms with Crippen molar-refractivity contribution in [2.45, 2.75) is 25.8 Å². The lowest BCUT2D eigenvalue weighted by atomic mass is 10.1. The van der Waals surface area contributed by atoms with Crippen molar-refractivity contribution in [3.8, 4) is 0 Å². The van der Waals surface area contributed by atoms with Crippen molar-refractivity contribution in [3.63, 3.8) is 0 Å². The van der Waals surface area contributed by atoms with Gasteiger partial charge in [-0.15, -0.1) is 0 Å². The fourth-order valence-electron chi connectivity index (χ4n) is 3.67. The van der Waals surface area contributed by atoms with E-state index in [4.69, 9.17) is 4.99 Å². The molecule has 138 valence electrons. The SMILES string of the molecule is CCNC(=NCC1CCN(C)C1)NC1CCN(c2ccc(Br)cc2)C1. The highest BCUT2D eigenvalue weighted by atomic mass is 79.9. The molecule has 0 saturated carbocycles. The Kier molecular flexibility index (Phi) is 6.59. The van der Waals surface area contributed by atoms with E-state index in [0.717, 1.165) is 43.0 Å². The summed E-state index contributed by atoms with van der Waals surface area (Å²) in [6.07, 6.45) is 2.41. The summed E-state index contributed by atoms with van der Waals surface area (Å²) in [6.45, 7) is 8.44. The topological polar surface area (TPSA) is 42.9 Å². The summed E-state index contributed by atoms with van der Waals surface area (Å²) in [7, 11) is 2.20. The zero-order chi connectivity index (χ0) is 17.6. The smallest absolute Gasteiger partial charge is 0.191 e. The van der Waals surface area contributed by atoms with Gasteiger partial charge in [-0.1, -0.05) is 15.9 Å². The van der Waals surface area contributed by atoms with Crippen molar-refractivity contribution >= 4 is 27.6 Å². The first-order valence-corrected chi connectivity index (χ1v) is 10.2. The third-order valence-electron chi connectivity index (χ3n) is 5.06. The van der Waals surface area contributed by atoms with Crippen LogP contribution in [-0.4, -0.2) is 63.2 Å². The monoisotopic (exact) mass is 407 g/mol. The zero-order valence-corrected chi connectivity index (χ0v) is 16.9. The van der Waals surface area contributed by atoms with Crippen molar-refractivity contribution in [1.29, 1.82) is 0 Å². The van der Waals surface area contributed by atoms with Gasteiger partial charge >= 0.3 is 0 Å². The van der Waals surface area contributed by atoms with Crippen LogP contribution >= 0.6 is 15.9 Å². The van der Waals surface area contributed by atoms with E-state index in [1.54, 1.807) is 0 Å². The molecule has 25 heavy (non-hydrogen) atoms. The molecule has 0 aliphatic carbocycles. The minimum atomic E-state index is 0.452. The van der Waals surface area contributed by atoms with Crippen LogP contribution in [0, 0.1) is 5.92 Å². The van der Waals surface area contributed by atoms with E-state index < -0.39 is 0 Å². The number of nitrogens with one attached hydrogen (secondary N) is 2. The lowest BCUT2D eigenvalue weighted by molar-refractivity contribution is 0.397. The number of hydrogen-bond donors (Lipinski definition) is 2. The van der Waals surface area contributed by atoms with E-state index in [1.807, 2.05) is 0 Å². The summed E-state index contributed by atoms with van der Waals surface area (Å²) in [4.78, 5) is 9.69. The van der Waals surface area contributed by atoms with Crippen LogP contribution < -0.4 is 15.5 Å². The Balaban J connectivity index is 1.52. The van der Waals surface area contributed by atoms with Crippen LogP contribution in [0.25, 0.3) is 0 Å². The number of likely N-dealkylation sites (tertiary alicyclic amines) is 1. The van der Waals surface area contributed by atoms with Gasteiger partial charge in [0.2, 0.25) is 0 Å². The third-order valence-corrected chi connectivity index (χ3v) is 5.59. The molecule has 0 radical (unpaired) electrons. The van der Waals surface area contributed by atoms with E-state index in [2.05, 4.69) is 74.6 Å². The standard InChI is InChI=1S/C19H30BrN5/c1-3-21-19(22-12-15-8-10-24(2)13-15)23-17-9-11-25(14-17)18-6-4-16(20)5-7-18/h4-7,15,17H,3,8-14H2,1-2H3,(H2,21,22,23). The van der Waals surface area contributed by atoms with Crippen LogP contribution in [0.2, 0.25) is 0 Å². The molecule has 2 aliphatic heterocycles. The highest BCUT2D eigenvalue weighted by Crippen LogP contribution is 2.22. The fraction of sp³-hybridized carbons (Fsp3) is 0.632. The second kappa shape index (κ2) is 8.90. The summed E-state index contributed by atoms with van der Waals surface area (Å²) in [5.74, 6) is 1.67. The molecule has 2 fully saturated rings. The molecule has 5 nitrogen and oxygen atoms in total. The highest BCUT2D eigenvalue weighted by molar-refractivity contribution is 9.10. The zero-order valence-electron chi connectivity index (χ0n) is 15.3. The summed E-state index contributed by atoms with van der Waals surface area (Å²) < 4.78 is 1.13. The molecule has 2 unspecified atom stereocenters. The average Bonchev–Trinajstić information content (AvgIpc) is 3.23. The molecule has 2 heterocycles. The first-order valence-electron chi connectivity index (χ1n) is 9.38. The second-order valence-electron chi connectivity index (χ2n) is 7.19. The van der Waals surface area contributed by atoms with Crippen LogP contribution in [0.5, 0.6) is 0 Å². The van der Waals surface area contributed by atoms with Gasteiger partial charge in [0.1, 0.15) is 0 Å². The molecule has 0 spiro atoms. The minimum absolute atomic E-state index is 0.452. The van der Waals surface area contributed by atoms with E-state index in [0.29, 0.717) is 12.0 Å². The van der Waals surface area contributed by atoms with Gasteiger partial charge in [0.25, 0.3) is 0 Å². The lowest BCUT2D eigenvalue weighted by Crippen LogP contribution is -2.44. The van der Waals surface area contributed by atoms with Crippen molar-refractivity contribution in [2.24, 2.45) is 10.9 Å². The van der Waals surface area contributed by atoms with E-state index in [-0.39, 0.29) is 0 Å². The molecule has 2 N–H and O–H groups in total. The number of aliphatic imine (C=N–C) groups is 1. The quantitative estimate of drug-likeness (QED) is 0.581. The lowest BCUT2D eigenvalue weighted by Gasteiger charge is -2.20. The van der Waals surface area contributed by atoms with Crippen molar-refractivity contribution in [2.75, 3.05) is 51.2 Å². The van der Waals surface area contributed by atoms with Crippen LogP contribution in [0.4, 0.5) is 5.69 Å². The van der Waals surface area contributed by atoms with Crippen LogP contribution in [0.1, 0.15) is 19.8 Å². The number of guanidine groups is 1. The Hall–Kier alpha value is -1.27. The van der Waals surface area contributed by atoms with Crippen LogP contribution in [-0.2, 0) is 0 Å². The van der Waals surface area contributed by atoms with E-state index in [1.165, 1.54) is 25.2 Å². The number of benzene rings is 1. The Morgan fingerprint density at radius 1 is 1.20 bits per heavy atom. The Labute approximate surface area is 160 Å². The Morgan fingerprint density at radius 3 is 2.68 bits per heavy atom. The summed E-state index contributed by atoms with van der Waals surface area (Å²) in [5.41, 5.74) is 1.29. The second-order valence-corrected chi connectivity index (χ2v) is 8.10. The third kappa shape index (κ3) is 5.35. The van der Waals surface area contributed by atoms with Gasteiger partial charge in [0.05, 0.1) is 0 Å². The van der Waals surface area contributed by atoms with Crippen LogP contribution in [0.15, 0.2) is 33.7 Å². The summed E-state index contributed by atoms with van der Waals surface area (Å²) in [5, 5.41) is 7.04. The molecular formula is C19H30BrN5. The number of rotatable bonds is 5. The fourth-order valence-corrected chi connectivity index (χ4v) is 3.94. The van der Waals surface area contributed by atoms with Gasteiger partial charge in [0, 0.05) is 48.9 Å². The molecule has 2 aliphatic rings. The van der Waals surface area contributed by atoms with Gasteiger partial charge in [-0.3, -0.25) is 4.99 Å². The molecule has 1 aromatic rings. The largest absolute Gasteiger partial charge is 0.369 e. The molecule has 6 heteroatoms. The molecule has 0 amide bonds. The molecule has 0 bridgehead atoms. The van der Waals surface area contributed by atoms with Gasteiger partial charge < -0.3 is 20.4 Å². The van der Waals surface area contributed by atoms with E-state index in [9.17, 15) is 0 Å². The first-order chi connectivity index (χ1) is 12.1. The highest BCUT2D eigenvalue weighted by Gasteiger charge is 2.24. The van der Waals surface area contributed by atoms with Crippen molar-refractivity contribution in [1.82, 2.24) is 15.5 Å². The van der Waals surface area contributed by atoms with Gasteiger partial charge in [-0.25, -0.2) is 0 Å².